The minimum absolute atomic E-state index is 0.118. The van der Waals surface area contributed by atoms with E-state index in [0.717, 1.165) is 4.31 Å². The molecule has 0 aliphatic carbocycles. The standard InChI is InChI=1S/C10H16N2O4S2/c1-12(2)17(13,14)9-8-11-18(15,16)10-6-4-3-5-7-10/h3-7,11H,8-9H2,1-2H3. The van der Waals surface area contributed by atoms with Crippen LogP contribution in [0.5, 0.6) is 0 Å². The summed E-state index contributed by atoms with van der Waals surface area (Å²) in [6.45, 7) is -0.155. The highest BCUT2D eigenvalue weighted by Crippen LogP contribution is 2.06. The Hall–Kier alpha value is -0.960. The lowest BCUT2D eigenvalue weighted by Gasteiger charge is -2.11. The first kappa shape index (κ1) is 15.1. The van der Waals surface area contributed by atoms with Crippen LogP contribution in [0.3, 0.4) is 0 Å². The molecule has 18 heavy (non-hydrogen) atoms. The molecule has 0 saturated carbocycles. The van der Waals surface area contributed by atoms with Crippen LogP contribution in [0.15, 0.2) is 35.2 Å². The third-order valence-corrected chi connectivity index (χ3v) is 5.57. The van der Waals surface area contributed by atoms with Crippen molar-refractivity contribution < 1.29 is 16.8 Å². The summed E-state index contributed by atoms with van der Waals surface area (Å²) < 4.78 is 49.7. The van der Waals surface area contributed by atoms with Crippen molar-refractivity contribution in [2.45, 2.75) is 4.90 Å². The first-order valence-corrected chi connectivity index (χ1v) is 8.30. The van der Waals surface area contributed by atoms with Crippen molar-refractivity contribution in [3.05, 3.63) is 30.3 Å². The van der Waals surface area contributed by atoms with E-state index in [-0.39, 0.29) is 17.2 Å². The molecule has 6 nitrogen and oxygen atoms in total. The Kier molecular flexibility index (Phi) is 4.85. The predicted octanol–water partition coefficient (Wildman–Crippen LogP) is -0.144. The molecular formula is C10H16N2O4S2. The van der Waals surface area contributed by atoms with Gasteiger partial charge < -0.3 is 0 Å². The molecule has 1 rings (SSSR count). The molecule has 102 valence electrons. The fraction of sp³-hybridized carbons (Fsp3) is 0.400. The third-order valence-electron chi connectivity index (χ3n) is 2.26. The van der Waals surface area contributed by atoms with Gasteiger partial charge in [-0.1, -0.05) is 18.2 Å². The molecule has 0 aromatic heterocycles. The molecule has 1 N–H and O–H groups in total. The molecule has 8 heteroatoms. The molecule has 0 bridgehead atoms. The van der Waals surface area contributed by atoms with Crippen LogP contribution in [-0.4, -0.2) is 47.5 Å². The van der Waals surface area contributed by atoms with Gasteiger partial charge in [-0.3, -0.25) is 0 Å². The van der Waals surface area contributed by atoms with Gasteiger partial charge in [0.1, 0.15) is 0 Å². The molecule has 0 heterocycles. The van der Waals surface area contributed by atoms with E-state index in [9.17, 15) is 16.8 Å². The number of sulfonamides is 2. The van der Waals surface area contributed by atoms with Crippen molar-refractivity contribution in [1.82, 2.24) is 9.03 Å². The van der Waals surface area contributed by atoms with Crippen molar-refractivity contribution in [3.8, 4) is 0 Å². The first-order valence-electron chi connectivity index (χ1n) is 5.20. The predicted molar refractivity (Wildman–Crippen MR) is 69.1 cm³/mol. The van der Waals surface area contributed by atoms with Crippen molar-refractivity contribution >= 4 is 20.0 Å². The number of hydrogen-bond acceptors (Lipinski definition) is 4. The summed E-state index contributed by atoms with van der Waals surface area (Å²) >= 11 is 0. The van der Waals surface area contributed by atoms with Gasteiger partial charge in [0.05, 0.1) is 10.6 Å². The Morgan fingerprint density at radius 1 is 1.06 bits per heavy atom. The Balaban J connectivity index is 2.65. The van der Waals surface area contributed by atoms with Gasteiger partial charge in [-0.25, -0.2) is 25.9 Å². The van der Waals surface area contributed by atoms with Crippen LogP contribution in [0.1, 0.15) is 0 Å². The van der Waals surface area contributed by atoms with E-state index in [0.29, 0.717) is 0 Å². The molecule has 0 aliphatic heterocycles. The molecular weight excluding hydrogens is 276 g/mol. The number of benzene rings is 1. The zero-order valence-electron chi connectivity index (χ0n) is 10.2. The fourth-order valence-corrected chi connectivity index (χ4v) is 3.08. The van der Waals surface area contributed by atoms with Crippen molar-refractivity contribution in [2.24, 2.45) is 0 Å². The molecule has 0 amide bonds. The summed E-state index contributed by atoms with van der Waals surface area (Å²) in [6, 6.07) is 7.80. The smallest absolute Gasteiger partial charge is 0.212 e. The normalized spacial score (nSPS) is 12.8. The van der Waals surface area contributed by atoms with Gasteiger partial charge in [-0.15, -0.1) is 0 Å². The van der Waals surface area contributed by atoms with Gasteiger partial charge in [0.25, 0.3) is 0 Å². The lowest BCUT2D eigenvalue weighted by atomic mass is 10.4. The summed E-state index contributed by atoms with van der Waals surface area (Å²) in [5, 5.41) is 0. The van der Waals surface area contributed by atoms with Crippen LogP contribution in [0, 0.1) is 0 Å². The number of nitrogens with zero attached hydrogens (tertiary/aromatic N) is 1. The summed E-state index contributed by atoms with van der Waals surface area (Å²) in [5.41, 5.74) is 0. The molecule has 0 unspecified atom stereocenters. The molecule has 1 aromatic rings. The van der Waals surface area contributed by atoms with Crippen molar-refractivity contribution in [3.63, 3.8) is 0 Å². The quantitative estimate of drug-likeness (QED) is 0.791. The van der Waals surface area contributed by atoms with Crippen LogP contribution >= 0.6 is 0 Å². The first-order chi connectivity index (χ1) is 8.26. The number of hydrogen-bond donors (Lipinski definition) is 1. The Labute approximate surface area is 108 Å². The van der Waals surface area contributed by atoms with Crippen LogP contribution in [-0.2, 0) is 20.0 Å². The highest BCUT2D eigenvalue weighted by atomic mass is 32.2. The molecule has 0 fully saturated rings. The van der Waals surface area contributed by atoms with Gasteiger partial charge in [-0.05, 0) is 12.1 Å². The maximum atomic E-state index is 11.8. The van der Waals surface area contributed by atoms with Crippen molar-refractivity contribution in [1.29, 1.82) is 0 Å². The molecule has 0 radical (unpaired) electrons. The van der Waals surface area contributed by atoms with Crippen LogP contribution in [0.4, 0.5) is 0 Å². The molecule has 1 aromatic carbocycles. The van der Waals surface area contributed by atoms with E-state index in [4.69, 9.17) is 0 Å². The van der Waals surface area contributed by atoms with Crippen LogP contribution in [0.25, 0.3) is 0 Å². The molecule has 0 aliphatic rings. The minimum atomic E-state index is -3.64. The third kappa shape index (κ3) is 4.05. The summed E-state index contributed by atoms with van der Waals surface area (Å²) in [7, 11) is -4.23. The average molecular weight is 292 g/mol. The zero-order chi connectivity index (χ0) is 13.8. The Morgan fingerprint density at radius 2 is 1.61 bits per heavy atom. The lowest BCUT2D eigenvalue weighted by molar-refractivity contribution is 0.519. The number of rotatable bonds is 6. The molecule has 0 spiro atoms. The van der Waals surface area contributed by atoms with Gasteiger partial charge in [0.15, 0.2) is 0 Å². The Morgan fingerprint density at radius 3 is 2.11 bits per heavy atom. The van der Waals surface area contributed by atoms with E-state index in [1.807, 2.05) is 0 Å². The number of nitrogens with one attached hydrogen (secondary N) is 1. The van der Waals surface area contributed by atoms with Crippen molar-refractivity contribution in [2.75, 3.05) is 26.4 Å². The van der Waals surface area contributed by atoms with Gasteiger partial charge >= 0.3 is 0 Å². The zero-order valence-corrected chi connectivity index (χ0v) is 11.8. The highest BCUT2D eigenvalue weighted by molar-refractivity contribution is 7.90. The van der Waals surface area contributed by atoms with Gasteiger partial charge in [0, 0.05) is 20.6 Å². The summed E-state index contributed by atoms with van der Waals surface area (Å²) in [6.07, 6.45) is 0. The highest BCUT2D eigenvalue weighted by Gasteiger charge is 2.17. The van der Waals surface area contributed by atoms with E-state index in [1.54, 1.807) is 18.2 Å². The van der Waals surface area contributed by atoms with Crippen LogP contribution < -0.4 is 4.72 Å². The lowest BCUT2D eigenvalue weighted by Crippen LogP contribution is -2.33. The Bertz CT molecular complexity index is 580. The maximum absolute atomic E-state index is 11.8. The van der Waals surface area contributed by atoms with Gasteiger partial charge in [0.2, 0.25) is 20.0 Å². The van der Waals surface area contributed by atoms with E-state index in [2.05, 4.69) is 4.72 Å². The molecule has 0 saturated heterocycles. The second kappa shape index (κ2) is 5.79. The second-order valence-electron chi connectivity index (χ2n) is 3.81. The minimum Gasteiger partial charge on any atom is -0.212 e. The average Bonchev–Trinajstić information content (AvgIpc) is 2.29. The van der Waals surface area contributed by atoms with Gasteiger partial charge in [-0.2, -0.15) is 0 Å². The second-order valence-corrected chi connectivity index (χ2v) is 7.88. The summed E-state index contributed by atoms with van der Waals surface area (Å²) in [5.74, 6) is -0.272. The SMILES string of the molecule is CN(C)S(=O)(=O)CCNS(=O)(=O)c1ccccc1. The molecule has 0 atom stereocenters. The fourth-order valence-electron chi connectivity index (χ4n) is 1.17. The van der Waals surface area contributed by atoms with E-state index >= 15 is 0 Å². The summed E-state index contributed by atoms with van der Waals surface area (Å²) in [4.78, 5) is 0.118. The maximum Gasteiger partial charge on any atom is 0.240 e. The topological polar surface area (TPSA) is 83.6 Å². The monoisotopic (exact) mass is 292 g/mol. The van der Waals surface area contributed by atoms with E-state index in [1.165, 1.54) is 26.2 Å². The van der Waals surface area contributed by atoms with Crippen LogP contribution in [0.2, 0.25) is 0 Å². The largest absolute Gasteiger partial charge is 0.240 e. The van der Waals surface area contributed by atoms with E-state index < -0.39 is 20.0 Å².